The van der Waals surface area contributed by atoms with Gasteiger partial charge in [-0.3, -0.25) is 0 Å². The molecule has 0 saturated heterocycles. The molecule has 2 rings (SSSR count). The monoisotopic (exact) mass is 324 g/mol. The fourth-order valence-electron chi connectivity index (χ4n) is 2.14. The maximum Gasteiger partial charge on any atom is 0.119 e. The maximum atomic E-state index is 5.80. The third-order valence-corrected chi connectivity index (χ3v) is 4.05. The number of hydrogen-bond acceptors (Lipinski definition) is 2. The second-order valence-corrected chi connectivity index (χ2v) is 6.14. The lowest BCUT2D eigenvalue weighted by molar-refractivity contribution is 0.217. The Bertz CT molecular complexity index is 569. The fraction of sp³-hybridized carbons (Fsp3) is 0.364. The van der Waals surface area contributed by atoms with Crippen molar-refractivity contribution in [3.05, 3.63) is 59.7 Å². The molecule has 2 aromatic rings. The zero-order chi connectivity index (χ0) is 17.4. The third-order valence-electron chi connectivity index (χ3n) is 4.05. The smallest absolute Gasteiger partial charge is 0.119 e. The van der Waals surface area contributed by atoms with Gasteiger partial charge in [-0.1, -0.05) is 50.3 Å². The molecular formula is C22H28O2. The van der Waals surface area contributed by atoms with Gasteiger partial charge < -0.3 is 9.47 Å². The van der Waals surface area contributed by atoms with E-state index in [0.717, 1.165) is 35.5 Å². The van der Waals surface area contributed by atoms with Crippen LogP contribution in [-0.2, 0) is 0 Å². The predicted octanol–water partition coefficient (Wildman–Crippen LogP) is 6.21. The summed E-state index contributed by atoms with van der Waals surface area (Å²) < 4.78 is 11.6. The molecule has 0 fully saturated rings. The van der Waals surface area contributed by atoms with Crippen LogP contribution < -0.4 is 9.47 Å². The molecule has 0 radical (unpaired) electrons. The van der Waals surface area contributed by atoms with Crippen LogP contribution in [0.5, 0.6) is 11.5 Å². The molecular weight excluding hydrogens is 296 g/mol. The van der Waals surface area contributed by atoms with E-state index < -0.39 is 0 Å². The van der Waals surface area contributed by atoms with Crippen LogP contribution in [0.15, 0.2) is 48.5 Å². The average Bonchev–Trinajstić information content (AvgIpc) is 2.62. The summed E-state index contributed by atoms with van der Waals surface area (Å²) >= 11 is 0. The van der Waals surface area contributed by atoms with Crippen molar-refractivity contribution in [1.29, 1.82) is 0 Å². The first kappa shape index (κ1) is 18.1. The first-order chi connectivity index (χ1) is 11.6. The quantitative estimate of drug-likeness (QED) is 0.537. The average molecular weight is 324 g/mol. The van der Waals surface area contributed by atoms with Gasteiger partial charge in [-0.25, -0.2) is 0 Å². The normalized spacial score (nSPS) is 13.7. The minimum Gasteiger partial charge on any atom is -0.491 e. The molecule has 0 aromatic heterocycles. The third kappa shape index (κ3) is 5.77. The molecule has 0 aliphatic heterocycles. The topological polar surface area (TPSA) is 18.5 Å². The van der Waals surface area contributed by atoms with E-state index in [1.165, 1.54) is 0 Å². The van der Waals surface area contributed by atoms with Crippen molar-refractivity contribution >= 4 is 12.2 Å². The van der Waals surface area contributed by atoms with Gasteiger partial charge in [0.2, 0.25) is 0 Å². The summed E-state index contributed by atoms with van der Waals surface area (Å²) in [4.78, 5) is 0. The van der Waals surface area contributed by atoms with Crippen molar-refractivity contribution in [3.63, 3.8) is 0 Å². The van der Waals surface area contributed by atoms with E-state index in [2.05, 4.69) is 64.1 Å². The molecule has 0 saturated carbocycles. The van der Waals surface area contributed by atoms with Gasteiger partial charge in [0.05, 0.1) is 12.2 Å². The van der Waals surface area contributed by atoms with Crippen molar-refractivity contribution in [2.75, 3.05) is 0 Å². The molecule has 0 aliphatic rings. The number of ether oxygens (including phenoxy) is 2. The Morgan fingerprint density at radius 1 is 0.667 bits per heavy atom. The van der Waals surface area contributed by atoms with Crippen LogP contribution in [0.4, 0.5) is 0 Å². The van der Waals surface area contributed by atoms with Gasteiger partial charge in [0.1, 0.15) is 11.5 Å². The highest BCUT2D eigenvalue weighted by atomic mass is 16.5. The van der Waals surface area contributed by atoms with Crippen LogP contribution in [-0.4, -0.2) is 12.2 Å². The summed E-state index contributed by atoms with van der Waals surface area (Å²) in [7, 11) is 0. The lowest BCUT2D eigenvalue weighted by atomic mass is 10.1. The summed E-state index contributed by atoms with van der Waals surface area (Å²) in [6.07, 6.45) is 6.75. The Labute approximate surface area is 146 Å². The lowest BCUT2D eigenvalue weighted by Gasteiger charge is -2.12. The SMILES string of the molecule is CC[C@H](C)Oc1ccc(/C=C/c2ccc(O[C@@H](C)CC)cc2)cc1. The second-order valence-electron chi connectivity index (χ2n) is 6.14. The van der Waals surface area contributed by atoms with Crippen molar-refractivity contribution in [2.24, 2.45) is 0 Å². The van der Waals surface area contributed by atoms with Gasteiger partial charge in [0, 0.05) is 0 Å². The van der Waals surface area contributed by atoms with Crippen LogP contribution in [0.1, 0.15) is 51.7 Å². The number of hydrogen-bond donors (Lipinski definition) is 0. The Morgan fingerprint density at radius 2 is 1.00 bits per heavy atom. The Hall–Kier alpha value is -2.22. The van der Waals surface area contributed by atoms with Gasteiger partial charge in [-0.2, -0.15) is 0 Å². The largest absolute Gasteiger partial charge is 0.491 e. The molecule has 0 heterocycles. The van der Waals surface area contributed by atoms with Crippen LogP contribution in [0.2, 0.25) is 0 Å². The van der Waals surface area contributed by atoms with E-state index in [1.54, 1.807) is 0 Å². The molecule has 0 N–H and O–H groups in total. The molecule has 128 valence electrons. The molecule has 24 heavy (non-hydrogen) atoms. The first-order valence-electron chi connectivity index (χ1n) is 8.82. The van der Waals surface area contributed by atoms with Gasteiger partial charge >= 0.3 is 0 Å². The minimum absolute atomic E-state index is 0.252. The predicted molar refractivity (Wildman–Crippen MR) is 103 cm³/mol. The Balaban J connectivity index is 1.95. The van der Waals surface area contributed by atoms with Gasteiger partial charge in [0.15, 0.2) is 0 Å². The van der Waals surface area contributed by atoms with Crippen molar-refractivity contribution in [3.8, 4) is 11.5 Å². The molecule has 2 aromatic carbocycles. The minimum atomic E-state index is 0.252. The maximum absolute atomic E-state index is 5.80. The van der Waals surface area contributed by atoms with Crippen LogP contribution in [0.3, 0.4) is 0 Å². The summed E-state index contributed by atoms with van der Waals surface area (Å²) in [5.74, 6) is 1.85. The molecule has 0 spiro atoms. The molecule has 0 aliphatic carbocycles. The number of benzene rings is 2. The number of rotatable bonds is 8. The summed E-state index contributed by atoms with van der Waals surface area (Å²) in [6.45, 7) is 8.42. The molecule has 2 heteroatoms. The highest BCUT2D eigenvalue weighted by molar-refractivity contribution is 5.70. The molecule has 2 atom stereocenters. The zero-order valence-electron chi connectivity index (χ0n) is 15.2. The van der Waals surface area contributed by atoms with Crippen molar-refractivity contribution in [2.45, 2.75) is 52.7 Å². The van der Waals surface area contributed by atoms with Gasteiger partial charge in [0.25, 0.3) is 0 Å². The van der Waals surface area contributed by atoms with Crippen molar-refractivity contribution in [1.82, 2.24) is 0 Å². The fourth-order valence-corrected chi connectivity index (χ4v) is 2.14. The summed E-state index contributed by atoms with van der Waals surface area (Å²) in [5, 5.41) is 0. The summed E-state index contributed by atoms with van der Waals surface area (Å²) in [5.41, 5.74) is 2.32. The standard InChI is InChI=1S/C22H28O2/c1-5-17(3)23-21-13-9-19(10-14-21)7-8-20-11-15-22(16-12-20)24-18(4)6-2/h7-18H,5-6H2,1-4H3/b8-7+/t17-,18-/m0/s1. The molecule has 0 unspecified atom stereocenters. The first-order valence-corrected chi connectivity index (χ1v) is 8.82. The van der Waals surface area contributed by atoms with Crippen LogP contribution in [0.25, 0.3) is 12.2 Å². The van der Waals surface area contributed by atoms with Crippen molar-refractivity contribution < 1.29 is 9.47 Å². The van der Waals surface area contributed by atoms with E-state index in [0.29, 0.717) is 0 Å². The van der Waals surface area contributed by atoms with E-state index in [-0.39, 0.29) is 12.2 Å². The lowest BCUT2D eigenvalue weighted by Crippen LogP contribution is -2.09. The van der Waals surface area contributed by atoms with E-state index in [9.17, 15) is 0 Å². The Kier molecular flexibility index (Phi) is 6.92. The van der Waals surface area contributed by atoms with Crippen LogP contribution >= 0.6 is 0 Å². The van der Waals surface area contributed by atoms with E-state index in [4.69, 9.17) is 9.47 Å². The zero-order valence-corrected chi connectivity index (χ0v) is 15.2. The van der Waals surface area contributed by atoms with Gasteiger partial charge in [-0.15, -0.1) is 0 Å². The highest BCUT2D eigenvalue weighted by Crippen LogP contribution is 2.18. The summed E-state index contributed by atoms with van der Waals surface area (Å²) in [6, 6.07) is 16.4. The van der Waals surface area contributed by atoms with E-state index >= 15 is 0 Å². The van der Waals surface area contributed by atoms with Gasteiger partial charge in [-0.05, 0) is 62.1 Å². The highest BCUT2D eigenvalue weighted by Gasteiger charge is 2.01. The van der Waals surface area contributed by atoms with E-state index in [1.807, 2.05) is 24.3 Å². The second kappa shape index (κ2) is 9.17. The Morgan fingerprint density at radius 3 is 1.29 bits per heavy atom. The molecule has 0 amide bonds. The molecule has 2 nitrogen and oxygen atoms in total. The van der Waals surface area contributed by atoms with Crippen LogP contribution in [0, 0.1) is 0 Å². The molecule has 0 bridgehead atoms.